The zero-order valence-corrected chi connectivity index (χ0v) is 14.2. The molecule has 2 heterocycles. The highest BCUT2D eigenvalue weighted by Crippen LogP contribution is 2.29. The molecule has 2 fully saturated rings. The zero-order chi connectivity index (χ0) is 16.9. The molecule has 1 aliphatic carbocycles. The predicted octanol–water partition coefficient (Wildman–Crippen LogP) is 3.27. The number of hydrogen-bond acceptors (Lipinski definition) is 3. The van der Waals surface area contributed by atoms with E-state index in [-0.39, 0.29) is 12.1 Å². The number of hydrogen-bond donors (Lipinski definition) is 1. The van der Waals surface area contributed by atoms with Gasteiger partial charge in [0.05, 0.1) is 24.9 Å². The number of halogens is 1. The van der Waals surface area contributed by atoms with Crippen LogP contribution < -0.4 is 5.32 Å². The molecule has 24 heavy (non-hydrogen) atoms. The van der Waals surface area contributed by atoms with E-state index in [0.717, 1.165) is 0 Å². The second-order valence-electron chi connectivity index (χ2n) is 6.82. The lowest BCUT2D eigenvalue weighted by molar-refractivity contribution is -0.0526. The molecule has 2 atom stereocenters. The Bertz CT molecular complexity index is 563. The lowest BCUT2D eigenvalue weighted by Crippen LogP contribution is -2.52. The normalized spacial score (nSPS) is 23.8. The van der Waals surface area contributed by atoms with Gasteiger partial charge in [0.1, 0.15) is 5.82 Å². The van der Waals surface area contributed by atoms with E-state index in [2.05, 4.69) is 10.3 Å². The largest absolute Gasteiger partial charge is 0.374 e. The van der Waals surface area contributed by atoms with Crippen molar-refractivity contribution in [1.29, 1.82) is 0 Å². The van der Waals surface area contributed by atoms with Gasteiger partial charge in [0, 0.05) is 24.8 Å². The summed E-state index contributed by atoms with van der Waals surface area (Å²) >= 11 is 0. The first-order chi connectivity index (χ1) is 11.6. The van der Waals surface area contributed by atoms with Crippen LogP contribution >= 0.6 is 0 Å². The van der Waals surface area contributed by atoms with Crippen LogP contribution in [0, 0.1) is 11.7 Å². The Kier molecular flexibility index (Phi) is 5.66. The first-order valence-electron chi connectivity index (χ1n) is 8.91. The van der Waals surface area contributed by atoms with Crippen LogP contribution in [-0.4, -0.2) is 41.7 Å². The lowest BCUT2D eigenvalue weighted by atomic mass is 9.84. The number of pyridine rings is 1. The maximum atomic E-state index is 13.8. The molecule has 2 aliphatic rings. The van der Waals surface area contributed by atoms with Crippen molar-refractivity contribution in [2.24, 2.45) is 5.92 Å². The third kappa shape index (κ3) is 4.04. The molecular formula is C18H26FN3O2. The lowest BCUT2D eigenvalue weighted by Gasteiger charge is -2.38. The Balaban J connectivity index is 1.57. The molecular weight excluding hydrogens is 309 g/mol. The van der Waals surface area contributed by atoms with Crippen molar-refractivity contribution in [2.75, 3.05) is 19.7 Å². The van der Waals surface area contributed by atoms with Gasteiger partial charge >= 0.3 is 6.03 Å². The molecule has 1 aromatic rings. The van der Waals surface area contributed by atoms with Gasteiger partial charge in [-0.2, -0.15) is 0 Å². The predicted molar refractivity (Wildman–Crippen MR) is 89.0 cm³/mol. The monoisotopic (exact) mass is 335 g/mol. The smallest absolute Gasteiger partial charge is 0.318 e. The summed E-state index contributed by atoms with van der Waals surface area (Å²) in [6.45, 7) is 3.57. The van der Waals surface area contributed by atoms with Crippen molar-refractivity contribution in [3.63, 3.8) is 0 Å². The number of morpholine rings is 1. The molecule has 1 saturated carbocycles. The standard InChI is InChI=1S/C18H26FN3O2/c1-13(15-7-8-20-11-16(15)19)21-18(23)22-9-10-24-17(12-22)14-5-3-2-4-6-14/h7-8,11,13-14,17H,2-6,9-10,12H2,1H3,(H,21,23). The Morgan fingerprint density at radius 3 is 2.96 bits per heavy atom. The fourth-order valence-corrected chi connectivity index (χ4v) is 3.74. The van der Waals surface area contributed by atoms with E-state index in [4.69, 9.17) is 4.74 Å². The van der Waals surface area contributed by atoms with Crippen LogP contribution in [0.25, 0.3) is 0 Å². The fraction of sp³-hybridized carbons (Fsp3) is 0.667. The van der Waals surface area contributed by atoms with Gasteiger partial charge < -0.3 is 15.0 Å². The van der Waals surface area contributed by atoms with E-state index in [1.807, 2.05) is 0 Å². The molecule has 0 aromatic carbocycles. The van der Waals surface area contributed by atoms with Crippen molar-refractivity contribution < 1.29 is 13.9 Å². The fourth-order valence-electron chi connectivity index (χ4n) is 3.74. The number of aromatic nitrogens is 1. The van der Waals surface area contributed by atoms with Crippen LogP contribution in [0.3, 0.4) is 0 Å². The molecule has 1 aliphatic heterocycles. The SMILES string of the molecule is CC(NC(=O)N1CCOC(C2CCCCC2)C1)c1ccncc1F. The van der Waals surface area contributed by atoms with Crippen molar-refractivity contribution in [2.45, 2.75) is 51.2 Å². The highest BCUT2D eigenvalue weighted by molar-refractivity contribution is 5.74. The molecule has 2 unspecified atom stereocenters. The minimum Gasteiger partial charge on any atom is -0.374 e. The molecule has 132 valence electrons. The molecule has 2 amide bonds. The first kappa shape index (κ1) is 17.1. The average molecular weight is 335 g/mol. The Hall–Kier alpha value is -1.69. The molecule has 1 N–H and O–H groups in total. The number of carbonyl (C=O) groups is 1. The molecule has 6 heteroatoms. The molecule has 1 aromatic heterocycles. The number of amides is 2. The van der Waals surface area contributed by atoms with Crippen LogP contribution in [0.4, 0.5) is 9.18 Å². The molecule has 1 saturated heterocycles. The molecule has 5 nitrogen and oxygen atoms in total. The van der Waals surface area contributed by atoms with Gasteiger partial charge in [-0.05, 0) is 31.7 Å². The summed E-state index contributed by atoms with van der Waals surface area (Å²) in [5, 5.41) is 2.89. The van der Waals surface area contributed by atoms with Gasteiger partial charge in [-0.3, -0.25) is 4.98 Å². The topological polar surface area (TPSA) is 54.5 Å². The summed E-state index contributed by atoms with van der Waals surface area (Å²) in [6, 6.07) is 1.06. The summed E-state index contributed by atoms with van der Waals surface area (Å²) in [7, 11) is 0. The van der Waals surface area contributed by atoms with E-state index < -0.39 is 11.9 Å². The van der Waals surface area contributed by atoms with Crippen LogP contribution in [0.1, 0.15) is 50.6 Å². The van der Waals surface area contributed by atoms with E-state index >= 15 is 0 Å². The first-order valence-corrected chi connectivity index (χ1v) is 8.91. The third-order valence-corrected chi connectivity index (χ3v) is 5.17. The highest BCUT2D eigenvalue weighted by Gasteiger charge is 2.31. The second kappa shape index (κ2) is 7.92. The van der Waals surface area contributed by atoms with Crippen molar-refractivity contribution in [1.82, 2.24) is 15.2 Å². The van der Waals surface area contributed by atoms with Crippen LogP contribution in [0.15, 0.2) is 18.5 Å². The Labute approximate surface area is 142 Å². The van der Waals surface area contributed by atoms with Gasteiger partial charge in [0.25, 0.3) is 0 Å². The summed E-state index contributed by atoms with van der Waals surface area (Å²) in [5.41, 5.74) is 0.454. The van der Waals surface area contributed by atoms with Gasteiger partial charge in [-0.25, -0.2) is 9.18 Å². The number of rotatable bonds is 3. The number of carbonyl (C=O) groups excluding carboxylic acids is 1. The summed E-state index contributed by atoms with van der Waals surface area (Å²) < 4.78 is 19.7. The van der Waals surface area contributed by atoms with E-state index in [1.165, 1.54) is 44.5 Å². The third-order valence-electron chi connectivity index (χ3n) is 5.17. The van der Waals surface area contributed by atoms with E-state index in [9.17, 15) is 9.18 Å². The number of nitrogens with zero attached hydrogens (tertiary/aromatic N) is 2. The quantitative estimate of drug-likeness (QED) is 0.922. The van der Waals surface area contributed by atoms with E-state index in [0.29, 0.717) is 31.2 Å². The average Bonchev–Trinajstić information content (AvgIpc) is 2.63. The van der Waals surface area contributed by atoms with E-state index in [1.54, 1.807) is 17.9 Å². The van der Waals surface area contributed by atoms with Crippen LogP contribution in [0.2, 0.25) is 0 Å². The van der Waals surface area contributed by atoms with Crippen molar-refractivity contribution in [3.05, 3.63) is 29.8 Å². The summed E-state index contributed by atoms with van der Waals surface area (Å²) in [5.74, 6) is 0.164. The number of ether oxygens (including phenoxy) is 1. The summed E-state index contributed by atoms with van der Waals surface area (Å²) in [4.78, 5) is 18.1. The highest BCUT2D eigenvalue weighted by atomic mass is 19.1. The maximum Gasteiger partial charge on any atom is 0.318 e. The van der Waals surface area contributed by atoms with Crippen LogP contribution in [0.5, 0.6) is 0 Å². The van der Waals surface area contributed by atoms with Gasteiger partial charge in [0.15, 0.2) is 0 Å². The van der Waals surface area contributed by atoms with Gasteiger partial charge in [0.2, 0.25) is 0 Å². The molecule has 0 radical (unpaired) electrons. The zero-order valence-electron chi connectivity index (χ0n) is 14.2. The minimum atomic E-state index is -0.396. The van der Waals surface area contributed by atoms with Crippen molar-refractivity contribution in [3.8, 4) is 0 Å². The second-order valence-corrected chi connectivity index (χ2v) is 6.82. The maximum absolute atomic E-state index is 13.8. The minimum absolute atomic E-state index is 0.137. The van der Waals surface area contributed by atoms with Gasteiger partial charge in [-0.1, -0.05) is 19.3 Å². The molecule has 0 bridgehead atoms. The molecule has 3 rings (SSSR count). The van der Waals surface area contributed by atoms with Crippen molar-refractivity contribution >= 4 is 6.03 Å². The molecule has 0 spiro atoms. The summed E-state index contributed by atoms with van der Waals surface area (Å²) in [6.07, 6.45) is 9.06. The number of nitrogens with one attached hydrogen (secondary N) is 1. The Morgan fingerprint density at radius 1 is 1.42 bits per heavy atom. The Morgan fingerprint density at radius 2 is 2.21 bits per heavy atom. The van der Waals surface area contributed by atoms with Gasteiger partial charge in [-0.15, -0.1) is 0 Å². The number of urea groups is 1. The van der Waals surface area contributed by atoms with Crippen LogP contribution in [-0.2, 0) is 4.74 Å².